The fourth-order valence-corrected chi connectivity index (χ4v) is 1.96. The number of nitrogens with two attached hydrogens (primary N) is 1. The van der Waals surface area contributed by atoms with E-state index in [4.69, 9.17) is 28.9 Å². The molecule has 0 radical (unpaired) electrons. The number of halogens is 2. The zero-order chi connectivity index (χ0) is 14.2. The summed E-state index contributed by atoms with van der Waals surface area (Å²) in [7, 11) is 0. The van der Waals surface area contributed by atoms with Gasteiger partial charge in [-0.1, -0.05) is 23.2 Å². The van der Waals surface area contributed by atoms with Gasteiger partial charge < -0.3 is 5.73 Å². The number of nitrogens with one attached hydrogen (secondary N) is 1. The molecule has 19 heavy (non-hydrogen) atoms. The van der Waals surface area contributed by atoms with Crippen molar-refractivity contribution < 1.29 is 4.79 Å². The molecule has 3 N–H and O–H groups in total. The van der Waals surface area contributed by atoms with Crippen molar-refractivity contribution in [2.45, 2.75) is 13.8 Å². The lowest BCUT2D eigenvalue weighted by atomic mass is 10.2. The lowest BCUT2D eigenvalue weighted by Crippen LogP contribution is -2.21. The van der Waals surface area contributed by atoms with Gasteiger partial charge in [-0.15, -0.1) is 0 Å². The summed E-state index contributed by atoms with van der Waals surface area (Å²) in [5.41, 5.74) is 7.48. The monoisotopic (exact) mass is 298 g/mol. The fraction of sp³-hybridized carbons (Fsp3) is 0.167. The maximum atomic E-state index is 11.1. The number of hydrogen-bond donors (Lipinski definition) is 2. The zero-order valence-corrected chi connectivity index (χ0v) is 11.9. The number of hydrogen-bond acceptors (Lipinski definition) is 2. The lowest BCUT2D eigenvalue weighted by molar-refractivity contribution is 0.259. The van der Waals surface area contributed by atoms with Gasteiger partial charge in [-0.25, -0.2) is 9.48 Å². The predicted octanol–water partition coefficient (Wildman–Crippen LogP) is 3.29. The van der Waals surface area contributed by atoms with Crippen molar-refractivity contribution in [2.24, 2.45) is 5.73 Å². The van der Waals surface area contributed by atoms with E-state index in [1.54, 1.807) is 22.9 Å². The van der Waals surface area contributed by atoms with Gasteiger partial charge in [0.2, 0.25) is 0 Å². The van der Waals surface area contributed by atoms with Gasteiger partial charge in [-0.05, 0) is 32.0 Å². The van der Waals surface area contributed by atoms with Gasteiger partial charge in [0, 0.05) is 5.56 Å². The number of primary amides is 1. The van der Waals surface area contributed by atoms with Crippen LogP contribution in [0.15, 0.2) is 18.2 Å². The standard InChI is InChI=1S/C12H12Cl2N4O/c1-6-7(2)17-18(11(6)16-12(15)19)8-3-4-9(13)10(14)5-8/h3-5H,1-2H3,(H3,15,16,19). The van der Waals surface area contributed by atoms with E-state index < -0.39 is 6.03 Å². The molecule has 0 aliphatic heterocycles. The molecule has 0 aliphatic carbocycles. The normalized spacial score (nSPS) is 10.5. The molecule has 1 aromatic carbocycles. The molecule has 100 valence electrons. The van der Waals surface area contributed by atoms with Crippen molar-refractivity contribution in [2.75, 3.05) is 5.32 Å². The maximum Gasteiger partial charge on any atom is 0.317 e. The topological polar surface area (TPSA) is 72.9 Å². The summed E-state index contributed by atoms with van der Waals surface area (Å²) in [6.45, 7) is 3.69. The predicted molar refractivity (Wildman–Crippen MR) is 76.3 cm³/mol. The minimum atomic E-state index is -0.649. The van der Waals surface area contributed by atoms with Crippen molar-refractivity contribution >= 4 is 35.1 Å². The highest BCUT2D eigenvalue weighted by atomic mass is 35.5. The summed E-state index contributed by atoms with van der Waals surface area (Å²) in [4.78, 5) is 11.1. The smallest absolute Gasteiger partial charge is 0.317 e. The number of carbonyl (C=O) groups excluding carboxylic acids is 1. The van der Waals surface area contributed by atoms with Crippen LogP contribution in [0, 0.1) is 13.8 Å². The van der Waals surface area contributed by atoms with Crippen LogP contribution in [0.25, 0.3) is 5.69 Å². The van der Waals surface area contributed by atoms with E-state index in [9.17, 15) is 4.79 Å². The summed E-state index contributed by atoms with van der Waals surface area (Å²) in [6.07, 6.45) is 0. The molecule has 1 aromatic heterocycles. The Morgan fingerprint density at radius 1 is 1.32 bits per heavy atom. The van der Waals surface area contributed by atoms with Crippen molar-refractivity contribution in [3.05, 3.63) is 39.5 Å². The minimum absolute atomic E-state index is 0.412. The molecule has 0 aliphatic rings. The molecule has 2 rings (SSSR count). The highest BCUT2D eigenvalue weighted by Crippen LogP contribution is 2.28. The van der Waals surface area contributed by atoms with Gasteiger partial charge >= 0.3 is 6.03 Å². The van der Waals surface area contributed by atoms with Gasteiger partial charge in [-0.3, -0.25) is 5.32 Å². The zero-order valence-electron chi connectivity index (χ0n) is 10.4. The largest absolute Gasteiger partial charge is 0.351 e. The number of nitrogens with zero attached hydrogens (tertiary/aromatic N) is 2. The van der Waals surface area contributed by atoms with Crippen molar-refractivity contribution in [3.8, 4) is 5.69 Å². The molecule has 0 bridgehead atoms. The summed E-state index contributed by atoms with van der Waals surface area (Å²) in [6, 6.07) is 4.44. The van der Waals surface area contributed by atoms with E-state index in [1.807, 2.05) is 13.8 Å². The number of benzene rings is 1. The minimum Gasteiger partial charge on any atom is -0.351 e. The third-order valence-electron chi connectivity index (χ3n) is 2.75. The molecule has 0 spiro atoms. The second kappa shape index (κ2) is 5.11. The number of aromatic nitrogens is 2. The second-order valence-corrected chi connectivity index (χ2v) is 4.87. The van der Waals surface area contributed by atoms with Crippen LogP contribution in [0.3, 0.4) is 0 Å². The van der Waals surface area contributed by atoms with E-state index in [0.717, 1.165) is 11.3 Å². The summed E-state index contributed by atoms with van der Waals surface area (Å²) in [5, 5.41) is 7.77. The Bertz CT molecular complexity index is 651. The molecule has 0 unspecified atom stereocenters. The number of carbonyl (C=O) groups is 1. The van der Waals surface area contributed by atoms with Crippen LogP contribution in [-0.2, 0) is 0 Å². The number of amides is 2. The summed E-state index contributed by atoms with van der Waals surface area (Å²) >= 11 is 11.9. The van der Waals surface area contributed by atoms with Gasteiger partial charge in [0.1, 0.15) is 5.82 Å². The van der Waals surface area contributed by atoms with Crippen LogP contribution in [0.2, 0.25) is 10.0 Å². The first kappa shape index (κ1) is 13.7. The van der Waals surface area contributed by atoms with Crippen LogP contribution >= 0.6 is 23.2 Å². The molecule has 0 fully saturated rings. The van der Waals surface area contributed by atoms with Gasteiger partial charge in [0.15, 0.2) is 0 Å². The van der Waals surface area contributed by atoms with Crippen molar-refractivity contribution in [1.29, 1.82) is 0 Å². The Labute approximate surface area is 120 Å². The number of urea groups is 1. The number of rotatable bonds is 2. The molecule has 0 saturated heterocycles. The quantitative estimate of drug-likeness (QED) is 0.893. The molecule has 2 aromatic rings. The average molecular weight is 299 g/mol. The third-order valence-corrected chi connectivity index (χ3v) is 3.49. The van der Waals surface area contributed by atoms with E-state index in [2.05, 4.69) is 10.4 Å². The molecular weight excluding hydrogens is 287 g/mol. The lowest BCUT2D eigenvalue weighted by Gasteiger charge is -2.09. The van der Waals surface area contributed by atoms with Crippen LogP contribution < -0.4 is 11.1 Å². The summed E-state index contributed by atoms with van der Waals surface area (Å²) < 4.78 is 1.57. The van der Waals surface area contributed by atoms with E-state index >= 15 is 0 Å². The number of anilines is 1. The van der Waals surface area contributed by atoms with E-state index in [-0.39, 0.29) is 0 Å². The third kappa shape index (κ3) is 2.67. The first-order valence-corrected chi connectivity index (χ1v) is 6.24. The van der Waals surface area contributed by atoms with Gasteiger partial charge in [0.05, 0.1) is 21.4 Å². The average Bonchev–Trinajstić information content (AvgIpc) is 2.60. The highest BCUT2D eigenvalue weighted by Gasteiger charge is 2.15. The van der Waals surface area contributed by atoms with E-state index in [0.29, 0.717) is 21.6 Å². The molecular formula is C12H12Cl2N4O. The molecule has 2 amide bonds. The highest BCUT2D eigenvalue weighted by molar-refractivity contribution is 6.42. The van der Waals surface area contributed by atoms with Crippen molar-refractivity contribution in [3.63, 3.8) is 0 Å². The van der Waals surface area contributed by atoms with Crippen LogP contribution in [0.5, 0.6) is 0 Å². The van der Waals surface area contributed by atoms with Gasteiger partial charge in [0.25, 0.3) is 0 Å². The van der Waals surface area contributed by atoms with Crippen molar-refractivity contribution in [1.82, 2.24) is 9.78 Å². The van der Waals surface area contributed by atoms with E-state index in [1.165, 1.54) is 0 Å². The molecule has 0 atom stereocenters. The molecule has 5 nitrogen and oxygen atoms in total. The first-order chi connectivity index (χ1) is 8.90. The Hall–Kier alpha value is -1.72. The fourth-order valence-electron chi connectivity index (χ4n) is 1.67. The Balaban J connectivity index is 2.57. The van der Waals surface area contributed by atoms with Crippen LogP contribution in [-0.4, -0.2) is 15.8 Å². The Morgan fingerprint density at radius 3 is 2.58 bits per heavy atom. The molecule has 7 heteroatoms. The second-order valence-electron chi connectivity index (χ2n) is 4.06. The first-order valence-electron chi connectivity index (χ1n) is 5.48. The summed E-state index contributed by atoms with van der Waals surface area (Å²) in [5.74, 6) is 0.517. The number of aryl methyl sites for hydroxylation is 1. The molecule has 0 saturated carbocycles. The maximum absolute atomic E-state index is 11.1. The SMILES string of the molecule is Cc1nn(-c2ccc(Cl)c(Cl)c2)c(NC(N)=O)c1C. The Morgan fingerprint density at radius 2 is 2.00 bits per heavy atom. The van der Waals surface area contributed by atoms with Crippen LogP contribution in [0.4, 0.5) is 10.6 Å². The van der Waals surface area contributed by atoms with Gasteiger partial charge in [-0.2, -0.15) is 5.10 Å². The van der Waals surface area contributed by atoms with Crippen LogP contribution in [0.1, 0.15) is 11.3 Å². The Kier molecular flexibility index (Phi) is 3.68. The molecule has 1 heterocycles.